The van der Waals surface area contributed by atoms with Crippen LogP contribution in [0, 0.1) is 0 Å². The Hall–Kier alpha value is -2.96. The van der Waals surface area contributed by atoms with Crippen LogP contribution >= 0.6 is 0 Å². The maximum Gasteiger partial charge on any atom is 0.306 e. The van der Waals surface area contributed by atoms with Gasteiger partial charge in [0, 0.05) is 12.8 Å². The van der Waals surface area contributed by atoms with Gasteiger partial charge in [-0.25, -0.2) is 0 Å². The predicted molar refractivity (Wildman–Crippen MR) is 296 cm³/mol. The van der Waals surface area contributed by atoms with Crippen LogP contribution < -0.4 is 5.32 Å². The van der Waals surface area contributed by atoms with Crippen molar-refractivity contribution < 1.29 is 24.5 Å². The summed E-state index contributed by atoms with van der Waals surface area (Å²) in [5.41, 5.74) is 0. The van der Waals surface area contributed by atoms with Crippen molar-refractivity contribution in [3.8, 4) is 0 Å². The van der Waals surface area contributed by atoms with E-state index in [1.165, 1.54) is 148 Å². The molecule has 392 valence electrons. The lowest BCUT2D eigenvalue weighted by atomic mass is 10.0. The van der Waals surface area contributed by atoms with Crippen molar-refractivity contribution in [3.63, 3.8) is 0 Å². The number of hydrogen-bond acceptors (Lipinski definition) is 5. The molecule has 6 nitrogen and oxygen atoms in total. The van der Waals surface area contributed by atoms with E-state index in [1.54, 1.807) is 0 Å². The second-order valence-electron chi connectivity index (χ2n) is 19.3. The third-order valence-electron chi connectivity index (χ3n) is 12.7. The third kappa shape index (κ3) is 49.5. The molecule has 0 radical (unpaired) electrons. The molecule has 0 aliphatic carbocycles. The number of esters is 1. The Kier molecular flexibility index (Phi) is 52.6. The first kappa shape index (κ1) is 65.0. The summed E-state index contributed by atoms with van der Waals surface area (Å²) in [6, 6.07) is -0.738. The Balaban J connectivity index is 4.68. The molecule has 0 aromatic rings. The lowest BCUT2D eigenvalue weighted by Crippen LogP contribution is -2.46. The molecule has 0 aliphatic rings. The topological polar surface area (TPSA) is 95.9 Å². The number of carbonyl (C=O) groups excluding carboxylic acids is 2. The molecular weight excluding hydrogens is 839 g/mol. The van der Waals surface area contributed by atoms with Crippen LogP contribution in [0.4, 0.5) is 0 Å². The summed E-state index contributed by atoms with van der Waals surface area (Å²) in [5.74, 6) is -0.590. The average Bonchev–Trinajstić information content (AvgIpc) is 3.33. The fourth-order valence-electron chi connectivity index (χ4n) is 8.30. The van der Waals surface area contributed by atoms with Crippen molar-refractivity contribution in [2.24, 2.45) is 0 Å². The van der Waals surface area contributed by atoms with Crippen LogP contribution in [0.15, 0.2) is 85.1 Å². The maximum absolute atomic E-state index is 13.2. The number of aliphatic hydroxyl groups is 2. The Morgan fingerprint density at radius 1 is 0.441 bits per heavy atom. The van der Waals surface area contributed by atoms with Crippen LogP contribution in [0.2, 0.25) is 0 Å². The molecule has 0 heterocycles. The van der Waals surface area contributed by atoms with Crippen LogP contribution in [0.3, 0.4) is 0 Å². The second kappa shape index (κ2) is 55.0. The van der Waals surface area contributed by atoms with Gasteiger partial charge in [-0.2, -0.15) is 0 Å². The summed E-state index contributed by atoms with van der Waals surface area (Å²) in [5, 5.41) is 23.8. The molecule has 0 saturated carbocycles. The summed E-state index contributed by atoms with van der Waals surface area (Å²) >= 11 is 0. The van der Waals surface area contributed by atoms with Crippen LogP contribution in [0.5, 0.6) is 0 Å². The van der Waals surface area contributed by atoms with Crippen molar-refractivity contribution in [1.82, 2.24) is 5.32 Å². The first-order chi connectivity index (χ1) is 33.5. The van der Waals surface area contributed by atoms with E-state index in [-0.39, 0.29) is 24.9 Å². The van der Waals surface area contributed by atoms with E-state index in [2.05, 4.69) is 105 Å². The summed E-state index contributed by atoms with van der Waals surface area (Å²) < 4.78 is 5.89. The van der Waals surface area contributed by atoms with Gasteiger partial charge in [0.2, 0.25) is 5.91 Å². The first-order valence-corrected chi connectivity index (χ1v) is 28.8. The minimum Gasteiger partial charge on any atom is -0.461 e. The van der Waals surface area contributed by atoms with E-state index >= 15 is 0 Å². The van der Waals surface area contributed by atoms with E-state index < -0.39 is 18.2 Å². The van der Waals surface area contributed by atoms with Gasteiger partial charge in [-0.3, -0.25) is 9.59 Å². The van der Waals surface area contributed by atoms with Gasteiger partial charge in [-0.05, 0) is 83.5 Å². The number of rotatable bonds is 51. The van der Waals surface area contributed by atoms with E-state index in [0.717, 1.165) is 77.0 Å². The molecule has 0 saturated heterocycles. The van der Waals surface area contributed by atoms with Crippen molar-refractivity contribution >= 4 is 11.9 Å². The van der Waals surface area contributed by atoms with Crippen LogP contribution in [0.25, 0.3) is 0 Å². The minimum atomic E-state index is -0.818. The summed E-state index contributed by atoms with van der Waals surface area (Å²) in [4.78, 5) is 26.2. The monoisotopic (exact) mass is 948 g/mol. The molecular formula is C62H109NO5. The number of allylic oxidation sites excluding steroid dienone is 13. The Labute approximate surface area is 421 Å². The number of nitrogens with one attached hydrogen (secondary N) is 1. The fourth-order valence-corrected chi connectivity index (χ4v) is 8.30. The zero-order valence-corrected chi connectivity index (χ0v) is 44.7. The van der Waals surface area contributed by atoms with Gasteiger partial charge in [-0.1, -0.05) is 254 Å². The Bertz CT molecular complexity index is 1290. The highest BCUT2D eigenvalue weighted by atomic mass is 16.5. The number of unbranched alkanes of at least 4 members (excludes halogenated alkanes) is 26. The molecule has 3 atom stereocenters. The van der Waals surface area contributed by atoms with E-state index in [9.17, 15) is 19.8 Å². The zero-order valence-electron chi connectivity index (χ0n) is 44.7. The summed E-state index contributed by atoms with van der Waals surface area (Å²) in [6.07, 6.45) is 72.3. The molecule has 68 heavy (non-hydrogen) atoms. The van der Waals surface area contributed by atoms with E-state index in [1.807, 2.05) is 6.08 Å². The molecule has 0 rings (SSSR count). The predicted octanol–water partition coefficient (Wildman–Crippen LogP) is 17.9. The highest BCUT2D eigenvalue weighted by Gasteiger charge is 2.23. The molecule has 0 aliphatic heterocycles. The second-order valence-corrected chi connectivity index (χ2v) is 19.3. The van der Waals surface area contributed by atoms with Crippen molar-refractivity contribution in [2.45, 2.75) is 289 Å². The number of amides is 1. The number of ether oxygens (including phenoxy) is 1. The Morgan fingerprint density at radius 3 is 1.21 bits per heavy atom. The zero-order chi connectivity index (χ0) is 49.5. The van der Waals surface area contributed by atoms with Gasteiger partial charge in [0.25, 0.3) is 0 Å². The molecule has 0 aromatic carbocycles. The standard InChI is InChI=1S/C62H109NO5/c1-4-7-10-13-16-19-22-25-28-29-30-31-34-37-40-43-46-49-52-55-62(67)68-58(53-50-47-44-41-38-35-32-26-23-20-17-14-11-8-5-2)56-61(66)63-59(57-64)60(65)54-51-48-45-42-39-36-33-27-24-21-18-15-12-9-6-3/h16-17,19-20,25-26,28,30-32,38,41,47,50,58-60,64-65H,4-15,18,21-24,27,29,33-37,39-40,42-46,48-49,51-57H2,1-3H3,(H,63,66)/b19-16-,20-17-,28-25-,31-30-,32-26-,41-38-,50-47-. The highest BCUT2D eigenvalue weighted by Crippen LogP contribution is 2.17. The molecule has 0 aromatic heterocycles. The minimum absolute atomic E-state index is 0.00673. The van der Waals surface area contributed by atoms with Crippen LogP contribution in [0.1, 0.15) is 271 Å². The highest BCUT2D eigenvalue weighted by molar-refractivity contribution is 5.77. The smallest absolute Gasteiger partial charge is 0.306 e. The van der Waals surface area contributed by atoms with Crippen LogP contribution in [-0.4, -0.2) is 46.9 Å². The number of carbonyl (C=O) groups is 2. The molecule has 3 unspecified atom stereocenters. The number of hydrogen-bond donors (Lipinski definition) is 3. The van der Waals surface area contributed by atoms with Gasteiger partial charge >= 0.3 is 5.97 Å². The van der Waals surface area contributed by atoms with Crippen LogP contribution in [-0.2, 0) is 14.3 Å². The molecule has 3 N–H and O–H groups in total. The SMILES string of the molecule is CCCCC/C=C\C/C=C\C/C=C\C/C=C\CC(CC(=O)NC(CO)C(O)CCCCCCCCCCCCCCCCC)OC(=O)CCCCCCCC/C=C\C/C=C\C/C=C\CCCCC. The van der Waals surface area contributed by atoms with Crippen molar-refractivity contribution in [2.75, 3.05) is 6.61 Å². The van der Waals surface area contributed by atoms with Gasteiger partial charge in [0.1, 0.15) is 6.10 Å². The third-order valence-corrected chi connectivity index (χ3v) is 12.7. The first-order valence-electron chi connectivity index (χ1n) is 28.8. The lowest BCUT2D eigenvalue weighted by molar-refractivity contribution is -0.150. The lowest BCUT2D eigenvalue weighted by Gasteiger charge is -2.24. The molecule has 0 fully saturated rings. The summed E-state index contributed by atoms with van der Waals surface area (Å²) in [7, 11) is 0. The van der Waals surface area contributed by atoms with Crippen molar-refractivity contribution in [1.29, 1.82) is 0 Å². The Morgan fingerprint density at radius 2 is 0.779 bits per heavy atom. The maximum atomic E-state index is 13.2. The molecule has 6 heteroatoms. The summed E-state index contributed by atoms with van der Waals surface area (Å²) in [6.45, 7) is 6.41. The average molecular weight is 949 g/mol. The largest absolute Gasteiger partial charge is 0.461 e. The molecule has 0 spiro atoms. The number of aliphatic hydroxyl groups excluding tert-OH is 2. The fraction of sp³-hybridized carbons (Fsp3) is 0.742. The van der Waals surface area contributed by atoms with Crippen molar-refractivity contribution in [3.05, 3.63) is 85.1 Å². The van der Waals surface area contributed by atoms with E-state index in [0.29, 0.717) is 19.3 Å². The van der Waals surface area contributed by atoms with Gasteiger partial charge in [0.15, 0.2) is 0 Å². The van der Waals surface area contributed by atoms with Gasteiger partial charge < -0.3 is 20.3 Å². The molecule has 0 bridgehead atoms. The quantitative estimate of drug-likeness (QED) is 0.0321. The van der Waals surface area contributed by atoms with E-state index in [4.69, 9.17) is 4.74 Å². The van der Waals surface area contributed by atoms with Gasteiger partial charge in [-0.15, -0.1) is 0 Å². The van der Waals surface area contributed by atoms with Gasteiger partial charge in [0.05, 0.1) is 25.2 Å². The molecule has 1 amide bonds. The normalized spacial score (nSPS) is 13.8.